The molecule has 31 heavy (non-hydrogen) atoms. The summed E-state index contributed by atoms with van der Waals surface area (Å²) in [6, 6.07) is 7.14. The topological polar surface area (TPSA) is 177 Å². The Morgan fingerprint density at radius 1 is 0.968 bits per heavy atom. The third kappa shape index (κ3) is 3.58. The molecule has 0 spiro atoms. The smallest absolute Gasteiger partial charge is 0.174 e. The summed E-state index contributed by atoms with van der Waals surface area (Å²) in [5.41, 5.74) is 0.0178. The molecule has 0 radical (unpaired) electrons. The third-order valence-corrected chi connectivity index (χ3v) is 5.64. The Hall–Kier alpha value is -2.89. The van der Waals surface area contributed by atoms with Crippen molar-refractivity contribution in [2.24, 2.45) is 0 Å². The van der Waals surface area contributed by atoms with Crippen LogP contribution < -0.4 is 4.74 Å². The van der Waals surface area contributed by atoms with Crippen molar-refractivity contribution in [1.29, 1.82) is 0 Å². The van der Waals surface area contributed by atoms with Crippen molar-refractivity contribution in [1.82, 2.24) is 0 Å². The first-order chi connectivity index (χ1) is 14.7. The maximum Gasteiger partial charge on any atom is 0.174 e. The van der Waals surface area contributed by atoms with E-state index in [-0.39, 0.29) is 29.0 Å². The Labute approximate surface area is 176 Å². The molecule has 2 aliphatic heterocycles. The number of aliphatic hydroxyl groups excluding tert-OH is 4. The summed E-state index contributed by atoms with van der Waals surface area (Å²) < 4.78 is 11.2. The van der Waals surface area contributed by atoms with Gasteiger partial charge in [0.05, 0.1) is 18.6 Å². The van der Waals surface area contributed by atoms with Crippen molar-refractivity contribution in [2.45, 2.75) is 43.0 Å². The van der Waals surface area contributed by atoms with E-state index in [4.69, 9.17) is 9.47 Å². The highest BCUT2D eigenvalue weighted by Crippen LogP contribution is 2.49. The van der Waals surface area contributed by atoms with Gasteiger partial charge in [-0.15, -0.1) is 0 Å². The summed E-state index contributed by atoms with van der Waals surface area (Å²) in [5, 5.41) is 70.4. The molecule has 0 saturated carbocycles. The molecule has 2 aromatic rings. The third-order valence-electron chi connectivity index (χ3n) is 5.64. The molecule has 2 heterocycles. The highest BCUT2D eigenvalue weighted by Gasteiger charge is 2.47. The number of phenols is 3. The van der Waals surface area contributed by atoms with Gasteiger partial charge in [0.25, 0.3) is 0 Å². The zero-order valence-electron chi connectivity index (χ0n) is 16.1. The molecule has 10 nitrogen and oxygen atoms in total. The largest absolute Gasteiger partial charge is 0.508 e. The van der Waals surface area contributed by atoms with Gasteiger partial charge in [-0.05, 0) is 17.7 Å². The van der Waals surface area contributed by atoms with Crippen LogP contribution in [-0.2, 0) is 4.74 Å². The molecule has 1 saturated heterocycles. The van der Waals surface area contributed by atoms with E-state index >= 15 is 0 Å². The number of hydrogen-bond acceptors (Lipinski definition) is 10. The van der Waals surface area contributed by atoms with Crippen LogP contribution in [-0.4, -0.2) is 72.6 Å². The molecule has 6 atom stereocenters. The number of carbonyl (C=O) groups excluding carboxylic acids is 1. The molecule has 166 valence electrons. The Balaban J connectivity index is 1.72. The molecule has 0 amide bonds. The van der Waals surface area contributed by atoms with Gasteiger partial charge >= 0.3 is 0 Å². The van der Waals surface area contributed by atoms with E-state index < -0.39 is 60.5 Å². The van der Waals surface area contributed by atoms with E-state index in [9.17, 15) is 40.5 Å². The molecular weight excluding hydrogens is 412 g/mol. The zero-order valence-corrected chi connectivity index (χ0v) is 16.1. The van der Waals surface area contributed by atoms with Crippen molar-refractivity contribution in [2.75, 3.05) is 6.61 Å². The number of benzene rings is 2. The Morgan fingerprint density at radius 2 is 1.65 bits per heavy atom. The lowest BCUT2D eigenvalue weighted by Crippen LogP contribution is -2.55. The standard InChI is InChI=1S/C21H22O10/c22-7-14-17(26)19(28)20(29)21(31-14)16-11(25)6-13-15(18(16)27)10(24)5-12(30-13)8-1-3-9(23)4-2-8/h1-4,6,12,14,17,19-23,25-29H,5,7H2/t12-,14?,17+,19+,20?,21+/m1/s1. The molecule has 1 fully saturated rings. The molecule has 2 unspecified atom stereocenters. The van der Waals surface area contributed by atoms with E-state index in [1.54, 1.807) is 12.1 Å². The molecule has 4 rings (SSSR count). The predicted molar refractivity (Wildman–Crippen MR) is 103 cm³/mol. The number of ketones is 1. The highest BCUT2D eigenvalue weighted by molar-refractivity contribution is 6.03. The van der Waals surface area contributed by atoms with Gasteiger partial charge in [0, 0.05) is 6.07 Å². The van der Waals surface area contributed by atoms with Crippen LogP contribution in [0.3, 0.4) is 0 Å². The summed E-state index contributed by atoms with van der Waals surface area (Å²) in [5.74, 6) is -1.79. The fourth-order valence-corrected chi connectivity index (χ4v) is 3.97. The fourth-order valence-electron chi connectivity index (χ4n) is 3.97. The van der Waals surface area contributed by atoms with Crippen molar-refractivity contribution in [3.63, 3.8) is 0 Å². The van der Waals surface area contributed by atoms with Gasteiger partial charge in [0.1, 0.15) is 65.2 Å². The number of hydrogen-bond donors (Lipinski definition) is 7. The van der Waals surface area contributed by atoms with Crippen LogP contribution in [0.1, 0.15) is 40.1 Å². The minimum atomic E-state index is -1.75. The van der Waals surface area contributed by atoms with Crippen LogP contribution in [0.25, 0.3) is 0 Å². The monoisotopic (exact) mass is 434 g/mol. The first-order valence-corrected chi connectivity index (χ1v) is 9.61. The Kier molecular flexibility index (Phi) is 5.50. The molecule has 10 heteroatoms. The SMILES string of the molecule is O=C1C[C@H](c2ccc(O)cc2)Oc2cc(O)c([C@@H]3OC(CO)[C@H](O)[C@H](O)C3O)c(O)c21. The van der Waals surface area contributed by atoms with Crippen LogP contribution in [0.15, 0.2) is 30.3 Å². The average molecular weight is 434 g/mol. The molecule has 7 N–H and O–H groups in total. The number of phenolic OH excluding ortho intramolecular Hbond substituents is 3. The number of aliphatic hydroxyl groups is 4. The lowest BCUT2D eigenvalue weighted by molar-refractivity contribution is -0.232. The van der Waals surface area contributed by atoms with Crippen molar-refractivity contribution >= 4 is 5.78 Å². The molecular formula is C21H22O10. The second-order valence-corrected chi connectivity index (χ2v) is 7.61. The van der Waals surface area contributed by atoms with Crippen LogP contribution >= 0.6 is 0 Å². The number of carbonyl (C=O) groups is 1. The van der Waals surface area contributed by atoms with Gasteiger partial charge in [-0.1, -0.05) is 12.1 Å². The van der Waals surface area contributed by atoms with Gasteiger partial charge < -0.3 is 45.2 Å². The molecule has 0 aliphatic carbocycles. The predicted octanol–water partition coefficient (Wildman–Crippen LogP) is 0.0248. The number of fused-ring (bicyclic) bond motifs is 1. The first kappa shape index (κ1) is 21.3. The number of rotatable bonds is 3. The van der Waals surface area contributed by atoms with E-state index in [2.05, 4.69) is 0 Å². The van der Waals surface area contributed by atoms with E-state index in [0.717, 1.165) is 6.07 Å². The average Bonchev–Trinajstić information content (AvgIpc) is 2.73. The number of ether oxygens (including phenoxy) is 2. The number of aromatic hydroxyl groups is 3. The summed E-state index contributed by atoms with van der Waals surface area (Å²) in [6.07, 6.45) is -8.72. The molecule has 0 bridgehead atoms. The summed E-state index contributed by atoms with van der Waals surface area (Å²) >= 11 is 0. The van der Waals surface area contributed by atoms with Crippen LogP contribution in [0.2, 0.25) is 0 Å². The van der Waals surface area contributed by atoms with Gasteiger partial charge in [0.15, 0.2) is 5.78 Å². The lowest BCUT2D eigenvalue weighted by Gasteiger charge is -2.40. The quantitative estimate of drug-likeness (QED) is 0.348. The van der Waals surface area contributed by atoms with Crippen LogP contribution in [0, 0.1) is 0 Å². The first-order valence-electron chi connectivity index (χ1n) is 9.61. The molecule has 2 aromatic carbocycles. The Morgan fingerprint density at radius 3 is 2.29 bits per heavy atom. The van der Waals surface area contributed by atoms with E-state index in [1.807, 2.05) is 0 Å². The van der Waals surface area contributed by atoms with Crippen LogP contribution in [0.5, 0.6) is 23.0 Å². The summed E-state index contributed by atoms with van der Waals surface area (Å²) in [4.78, 5) is 12.8. The van der Waals surface area contributed by atoms with Crippen molar-refractivity contribution in [3.05, 3.63) is 47.0 Å². The maximum atomic E-state index is 12.8. The zero-order chi connectivity index (χ0) is 22.4. The molecule has 0 aromatic heterocycles. The minimum Gasteiger partial charge on any atom is -0.508 e. The van der Waals surface area contributed by atoms with Crippen molar-refractivity contribution < 1.29 is 50.0 Å². The fraction of sp³-hybridized carbons (Fsp3) is 0.381. The highest BCUT2D eigenvalue weighted by atomic mass is 16.5. The minimum absolute atomic E-state index is 0.0470. The second kappa shape index (κ2) is 7.98. The van der Waals surface area contributed by atoms with E-state index in [0.29, 0.717) is 5.56 Å². The van der Waals surface area contributed by atoms with E-state index in [1.165, 1.54) is 12.1 Å². The lowest BCUT2D eigenvalue weighted by atomic mass is 9.87. The Bertz CT molecular complexity index is 987. The van der Waals surface area contributed by atoms with Gasteiger partial charge in [-0.3, -0.25) is 4.79 Å². The summed E-state index contributed by atoms with van der Waals surface area (Å²) in [6.45, 7) is -0.690. The second-order valence-electron chi connectivity index (χ2n) is 7.61. The number of Topliss-reactive ketones (excluding diaryl/α,β-unsaturated/α-hetero) is 1. The maximum absolute atomic E-state index is 12.8. The van der Waals surface area contributed by atoms with Gasteiger partial charge in [0.2, 0.25) is 0 Å². The van der Waals surface area contributed by atoms with Gasteiger partial charge in [-0.25, -0.2) is 0 Å². The van der Waals surface area contributed by atoms with Crippen molar-refractivity contribution in [3.8, 4) is 23.0 Å². The van der Waals surface area contributed by atoms with Gasteiger partial charge in [-0.2, -0.15) is 0 Å². The molecule has 2 aliphatic rings. The summed E-state index contributed by atoms with van der Waals surface area (Å²) in [7, 11) is 0. The normalized spacial score (nSPS) is 30.5. The van der Waals surface area contributed by atoms with Crippen LogP contribution in [0.4, 0.5) is 0 Å².